The van der Waals surface area contributed by atoms with Gasteiger partial charge < -0.3 is 9.64 Å². The van der Waals surface area contributed by atoms with Gasteiger partial charge in [-0.1, -0.05) is 0 Å². The summed E-state index contributed by atoms with van der Waals surface area (Å²) in [5.74, 6) is -0.911. The second kappa shape index (κ2) is 7.93. The largest absolute Gasteiger partial charge is 0.450 e. The standard InChI is InChI=1S/C14H23N3O6S/c1-2-23-14(20)15-6-8-16(9-7-15)24(21,22)11-10-17-12(18)4-3-5-13(17)19/h2-11H2,1H3. The molecule has 0 spiro atoms. The number of carbonyl (C=O) groups is 3. The highest BCUT2D eigenvalue weighted by molar-refractivity contribution is 7.89. The van der Waals surface area contributed by atoms with Crippen LogP contribution in [0.1, 0.15) is 26.2 Å². The summed E-state index contributed by atoms with van der Waals surface area (Å²) in [6.07, 6.45) is 0.643. The fourth-order valence-corrected chi connectivity index (χ4v) is 4.14. The summed E-state index contributed by atoms with van der Waals surface area (Å²) in [4.78, 5) is 37.5. The number of rotatable bonds is 5. The number of piperidine rings is 1. The van der Waals surface area contributed by atoms with Gasteiger partial charge in [-0.05, 0) is 13.3 Å². The number of hydrogen-bond acceptors (Lipinski definition) is 6. The van der Waals surface area contributed by atoms with Gasteiger partial charge >= 0.3 is 6.09 Å². The molecule has 3 amide bonds. The maximum atomic E-state index is 12.4. The molecule has 10 heteroatoms. The number of amides is 3. The van der Waals surface area contributed by atoms with Crippen molar-refractivity contribution in [1.29, 1.82) is 0 Å². The topological polar surface area (TPSA) is 104 Å². The zero-order chi connectivity index (χ0) is 17.7. The zero-order valence-corrected chi connectivity index (χ0v) is 14.6. The fourth-order valence-electron chi connectivity index (χ4n) is 2.75. The van der Waals surface area contributed by atoms with Crippen molar-refractivity contribution in [2.45, 2.75) is 26.2 Å². The number of carbonyl (C=O) groups excluding carboxylic acids is 3. The van der Waals surface area contributed by atoms with Gasteiger partial charge in [0.15, 0.2) is 0 Å². The highest BCUT2D eigenvalue weighted by Gasteiger charge is 2.32. The molecule has 0 N–H and O–H groups in total. The molecule has 9 nitrogen and oxygen atoms in total. The van der Waals surface area contributed by atoms with Crippen molar-refractivity contribution in [3.63, 3.8) is 0 Å². The van der Waals surface area contributed by atoms with E-state index in [9.17, 15) is 22.8 Å². The molecule has 2 aliphatic heterocycles. The van der Waals surface area contributed by atoms with Crippen molar-refractivity contribution < 1.29 is 27.5 Å². The van der Waals surface area contributed by atoms with E-state index >= 15 is 0 Å². The van der Waals surface area contributed by atoms with Crippen molar-refractivity contribution in [3.8, 4) is 0 Å². The van der Waals surface area contributed by atoms with Crippen LogP contribution in [0, 0.1) is 0 Å². The molecule has 0 unspecified atom stereocenters. The lowest BCUT2D eigenvalue weighted by Gasteiger charge is -2.33. The summed E-state index contributed by atoms with van der Waals surface area (Å²) in [6, 6.07) is 0. The Balaban J connectivity index is 1.86. The highest BCUT2D eigenvalue weighted by atomic mass is 32.2. The van der Waals surface area contributed by atoms with Gasteiger partial charge in [0.05, 0.1) is 12.4 Å². The minimum absolute atomic E-state index is 0.113. The molecule has 2 saturated heterocycles. The Hall–Kier alpha value is -1.68. The number of imide groups is 1. The normalized spacial score (nSPS) is 20.4. The first-order chi connectivity index (χ1) is 11.3. The molecular formula is C14H23N3O6S. The minimum atomic E-state index is -3.58. The molecule has 0 radical (unpaired) electrons. The molecule has 0 aromatic carbocycles. The quantitative estimate of drug-likeness (QED) is 0.619. The lowest BCUT2D eigenvalue weighted by atomic mass is 10.1. The Kier molecular flexibility index (Phi) is 6.16. The average Bonchev–Trinajstić information content (AvgIpc) is 2.54. The number of piperazine rings is 1. The molecule has 2 rings (SSSR count). The lowest BCUT2D eigenvalue weighted by Crippen LogP contribution is -2.52. The smallest absolute Gasteiger partial charge is 0.409 e. The van der Waals surface area contributed by atoms with Crippen LogP contribution in [0.4, 0.5) is 4.79 Å². The van der Waals surface area contributed by atoms with E-state index in [4.69, 9.17) is 4.74 Å². The van der Waals surface area contributed by atoms with Crippen LogP contribution >= 0.6 is 0 Å². The van der Waals surface area contributed by atoms with Gasteiger partial charge in [0.1, 0.15) is 0 Å². The number of nitrogens with zero attached hydrogens (tertiary/aromatic N) is 3. The van der Waals surface area contributed by atoms with Crippen LogP contribution in [-0.2, 0) is 24.3 Å². The molecule has 0 atom stereocenters. The van der Waals surface area contributed by atoms with E-state index in [0.29, 0.717) is 6.42 Å². The SMILES string of the molecule is CCOC(=O)N1CCN(S(=O)(=O)CCN2C(=O)CCCC2=O)CC1. The molecule has 2 aliphatic rings. The third-order valence-corrected chi connectivity index (χ3v) is 5.96. The summed E-state index contributed by atoms with van der Waals surface area (Å²) in [7, 11) is -3.58. The van der Waals surface area contributed by atoms with Crippen LogP contribution in [0.15, 0.2) is 0 Å². The lowest BCUT2D eigenvalue weighted by molar-refractivity contribution is -0.147. The molecule has 2 heterocycles. The van der Waals surface area contributed by atoms with Gasteiger partial charge in [-0.2, -0.15) is 4.31 Å². The maximum absolute atomic E-state index is 12.4. The van der Waals surface area contributed by atoms with Gasteiger partial charge in [-0.15, -0.1) is 0 Å². The first-order valence-corrected chi connectivity index (χ1v) is 9.69. The zero-order valence-electron chi connectivity index (χ0n) is 13.8. The summed E-state index contributed by atoms with van der Waals surface area (Å²) >= 11 is 0. The summed E-state index contributed by atoms with van der Waals surface area (Å²) < 4.78 is 31.0. The summed E-state index contributed by atoms with van der Waals surface area (Å²) in [6.45, 7) is 2.76. The van der Waals surface area contributed by atoms with Crippen LogP contribution in [-0.4, -0.2) is 85.5 Å². The number of likely N-dealkylation sites (tertiary alicyclic amines) is 1. The molecule has 0 aromatic rings. The Morgan fingerprint density at radius 3 is 2.21 bits per heavy atom. The third kappa shape index (κ3) is 4.44. The fraction of sp³-hybridized carbons (Fsp3) is 0.786. The average molecular weight is 361 g/mol. The highest BCUT2D eigenvalue weighted by Crippen LogP contribution is 2.14. The monoisotopic (exact) mass is 361 g/mol. The third-order valence-electron chi connectivity index (χ3n) is 4.11. The number of hydrogen-bond donors (Lipinski definition) is 0. The Bertz CT molecular complexity index is 582. The second-order valence-corrected chi connectivity index (χ2v) is 7.78. The predicted molar refractivity (Wildman–Crippen MR) is 84.5 cm³/mol. The van der Waals surface area contributed by atoms with Gasteiger partial charge in [0.2, 0.25) is 21.8 Å². The summed E-state index contributed by atoms with van der Waals surface area (Å²) in [5.41, 5.74) is 0. The van der Waals surface area contributed by atoms with Crippen molar-refractivity contribution in [3.05, 3.63) is 0 Å². The van der Waals surface area contributed by atoms with E-state index < -0.39 is 16.1 Å². The minimum Gasteiger partial charge on any atom is -0.450 e. The van der Waals surface area contributed by atoms with E-state index in [1.54, 1.807) is 6.92 Å². The van der Waals surface area contributed by atoms with Gasteiger partial charge in [0, 0.05) is 45.6 Å². The molecule has 136 valence electrons. The van der Waals surface area contributed by atoms with Gasteiger partial charge in [0.25, 0.3) is 0 Å². The number of sulfonamides is 1. The Labute approximate surface area is 141 Å². The Morgan fingerprint density at radius 2 is 1.67 bits per heavy atom. The van der Waals surface area contributed by atoms with E-state index in [-0.39, 0.29) is 69.7 Å². The maximum Gasteiger partial charge on any atom is 0.409 e. The molecule has 24 heavy (non-hydrogen) atoms. The van der Waals surface area contributed by atoms with Crippen molar-refractivity contribution >= 4 is 27.9 Å². The molecule has 0 aromatic heterocycles. The van der Waals surface area contributed by atoms with E-state index in [0.717, 1.165) is 4.90 Å². The van der Waals surface area contributed by atoms with E-state index in [2.05, 4.69) is 0 Å². The van der Waals surface area contributed by atoms with Crippen LogP contribution in [0.5, 0.6) is 0 Å². The van der Waals surface area contributed by atoms with Crippen molar-refractivity contribution in [2.24, 2.45) is 0 Å². The van der Waals surface area contributed by atoms with Crippen LogP contribution in [0.25, 0.3) is 0 Å². The number of ether oxygens (including phenoxy) is 1. The summed E-state index contributed by atoms with van der Waals surface area (Å²) in [5, 5.41) is 0. The predicted octanol–water partition coefficient (Wildman–Crippen LogP) is -0.371. The molecular weight excluding hydrogens is 338 g/mol. The van der Waals surface area contributed by atoms with Crippen molar-refractivity contribution in [2.75, 3.05) is 45.1 Å². The first-order valence-electron chi connectivity index (χ1n) is 8.08. The second-order valence-electron chi connectivity index (χ2n) is 5.69. The van der Waals surface area contributed by atoms with Crippen LogP contribution in [0.3, 0.4) is 0 Å². The molecule has 0 saturated carbocycles. The first kappa shape index (κ1) is 18.7. The molecule has 2 fully saturated rings. The van der Waals surface area contributed by atoms with Gasteiger partial charge in [-0.3, -0.25) is 14.5 Å². The molecule has 0 bridgehead atoms. The molecule has 0 aliphatic carbocycles. The van der Waals surface area contributed by atoms with E-state index in [1.165, 1.54) is 9.21 Å². The van der Waals surface area contributed by atoms with Crippen LogP contribution < -0.4 is 0 Å². The Morgan fingerprint density at radius 1 is 1.08 bits per heavy atom. The van der Waals surface area contributed by atoms with E-state index in [1.807, 2.05) is 0 Å². The van der Waals surface area contributed by atoms with Crippen molar-refractivity contribution in [1.82, 2.24) is 14.1 Å². The van der Waals surface area contributed by atoms with Gasteiger partial charge in [-0.25, -0.2) is 13.2 Å². The van der Waals surface area contributed by atoms with Crippen LogP contribution in [0.2, 0.25) is 0 Å².